The number of hydrogen-bond acceptors (Lipinski definition) is 9. The van der Waals surface area contributed by atoms with Gasteiger partial charge in [-0.2, -0.15) is 8.42 Å². The minimum Gasteiger partial charge on any atom is -0.414 e. The van der Waals surface area contributed by atoms with Crippen molar-refractivity contribution < 1.29 is 30.3 Å². The van der Waals surface area contributed by atoms with E-state index in [1.54, 1.807) is 0 Å². The minimum atomic E-state index is -3.59. The Morgan fingerprint density at radius 2 is 1.62 bits per heavy atom. The van der Waals surface area contributed by atoms with E-state index in [-0.39, 0.29) is 41.3 Å². The molecule has 2 fully saturated rings. The average Bonchev–Trinajstić information content (AvgIpc) is 3.11. The second-order valence-corrected chi connectivity index (χ2v) is 22.5. The third-order valence-electron chi connectivity index (χ3n) is 7.90. The van der Waals surface area contributed by atoms with Crippen LogP contribution in [0.5, 0.6) is 0 Å². The van der Waals surface area contributed by atoms with Crippen LogP contribution in [-0.2, 0) is 32.0 Å². The minimum absolute atomic E-state index is 0.000613. The van der Waals surface area contributed by atoms with E-state index in [1.165, 1.54) is 16.8 Å². The van der Waals surface area contributed by atoms with E-state index in [4.69, 9.17) is 21.9 Å². The number of H-pyrrole nitrogens is 1. The van der Waals surface area contributed by atoms with E-state index < -0.39 is 56.9 Å². The van der Waals surface area contributed by atoms with Crippen molar-refractivity contribution in [3.63, 3.8) is 0 Å². The predicted octanol–water partition coefficient (Wildman–Crippen LogP) is 3.76. The lowest BCUT2D eigenvalue weighted by atomic mass is 9.94. The Bertz CT molecular complexity index is 1180. The van der Waals surface area contributed by atoms with Gasteiger partial charge in [0.15, 0.2) is 0 Å². The Hall–Kier alpha value is -1.14. The molecule has 0 unspecified atom stereocenters. The molecule has 4 atom stereocenters. The Labute approximate surface area is 234 Å². The summed E-state index contributed by atoms with van der Waals surface area (Å²) in [5, 5.41) is 0. The summed E-state index contributed by atoms with van der Waals surface area (Å²) in [6.45, 7) is 17.4. The first-order chi connectivity index (χ1) is 18.0. The molecule has 3 heterocycles. The van der Waals surface area contributed by atoms with E-state index >= 15 is 0 Å². The van der Waals surface area contributed by atoms with E-state index in [0.717, 1.165) is 6.26 Å². The molecule has 1 aromatic rings. The van der Waals surface area contributed by atoms with Crippen molar-refractivity contribution in [1.29, 1.82) is 0 Å². The van der Waals surface area contributed by atoms with Crippen LogP contribution in [0.1, 0.15) is 74.5 Å². The topological polar surface area (TPSA) is 135 Å². The summed E-state index contributed by atoms with van der Waals surface area (Å²) >= 11 is 0. The molecule has 3 rings (SSSR count). The van der Waals surface area contributed by atoms with Gasteiger partial charge < -0.3 is 17.7 Å². The Morgan fingerprint density at radius 3 is 2.13 bits per heavy atom. The zero-order chi connectivity index (χ0) is 29.3. The van der Waals surface area contributed by atoms with Gasteiger partial charge in [-0.25, -0.2) is 4.79 Å². The van der Waals surface area contributed by atoms with Crippen molar-refractivity contribution in [3.05, 3.63) is 33.1 Å². The maximum atomic E-state index is 12.8. The number of nitrogens with one attached hydrogen (secondary N) is 1. The normalized spacial score (nSPS) is 27.2. The molecule has 0 bridgehead atoms. The fourth-order valence-electron chi connectivity index (χ4n) is 5.97. The van der Waals surface area contributed by atoms with E-state index in [9.17, 15) is 18.0 Å². The van der Waals surface area contributed by atoms with Gasteiger partial charge in [0.25, 0.3) is 15.7 Å². The summed E-state index contributed by atoms with van der Waals surface area (Å²) in [6, 6.07) is 1.28. The molecule has 0 spiro atoms. The molecule has 2 aliphatic heterocycles. The van der Waals surface area contributed by atoms with Gasteiger partial charge in [-0.3, -0.25) is 18.5 Å². The first kappa shape index (κ1) is 32.4. The molecule has 2 aliphatic rings. The number of fused-ring (bicyclic) bond motifs is 1. The van der Waals surface area contributed by atoms with Crippen molar-refractivity contribution in [2.45, 2.75) is 109 Å². The summed E-state index contributed by atoms with van der Waals surface area (Å²) in [5.74, 6) is -0.342. The molecule has 1 aromatic heterocycles. The molecule has 0 saturated carbocycles. The van der Waals surface area contributed by atoms with Crippen molar-refractivity contribution >= 4 is 27.2 Å². The van der Waals surface area contributed by atoms with Gasteiger partial charge >= 0.3 is 22.8 Å². The number of hydrogen-bond donors (Lipinski definition) is 1. The van der Waals surface area contributed by atoms with Crippen LogP contribution < -0.4 is 11.2 Å². The third kappa shape index (κ3) is 6.85. The molecule has 0 aromatic carbocycles. The quantitative estimate of drug-likeness (QED) is 0.240. The van der Waals surface area contributed by atoms with Gasteiger partial charge in [-0.05, 0) is 35.0 Å². The summed E-state index contributed by atoms with van der Waals surface area (Å²) in [7, 11) is -9.32. The molecule has 0 aliphatic carbocycles. The van der Waals surface area contributed by atoms with Crippen molar-refractivity contribution in [3.8, 4) is 0 Å². The van der Waals surface area contributed by atoms with Gasteiger partial charge in [-0.1, -0.05) is 55.4 Å². The Morgan fingerprint density at radius 1 is 1.03 bits per heavy atom. The zero-order valence-electron chi connectivity index (χ0n) is 24.6. The van der Waals surface area contributed by atoms with E-state index in [0.29, 0.717) is 12.8 Å². The Balaban J connectivity index is 2.10. The summed E-state index contributed by atoms with van der Waals surface area (Å²) in [6.07, 6.45) is 1.62. The molecule has 39 heavy (non-hydrogen) atoms. The fraction of sp³-hybridized carbons (Fsp3) is 0.840. The SMILES string of the molecule is CC(C)[Si]1(C(C)C)OC[C@H]2O[C@@H](n3ccc(=O)[nH]c3=O)[C@H](CCCOS(C)(=O)=O)[C@@H]2O[Si](C(C)C)(C(C)C)O1. The maximum absolute atomic E-state index is 12.8. The van der Waals surface area contributed by atoms with Gasteiger partial charge in [0.2, 0.25) is 0 Å². The second kappa shape index (κ2) is 12.4. The number of aromatic nitrogens is 2. The van der Waals surface area contributed by atoms with Gasteiger partial charge in [-0.15, -0.1) is 0 Å². The average molecular weight is 607 g/mol. The first-order valence-corrected chi connectivity index (χ1v) is 19.6. The molecule has 14 heteroatoms. The smallest absolute Gasteiger partial charge is 0.335 e. The number of aromatic amines is 1. The fourth-order valence-corrected chi connectivity index (χ4v) is 17.6. The largest absolute Gasteiger partial charge is 0.414 e. The highest BCUT2D eigenvalue weighted by molar-refractivity contribution is 7.85. The second-order valence-electron chi connectivity index (χ2n) is 12.0. The van der Waals surface area contributed by atoms with E-state index in [2.05, 4.69) is 60.4 Å². The van der Waals surface area contributed by atoms with Crippen LogP contribution in [0.25, 0.3) is 0 Å². The standard InChI is InChI=1S/C25H46N2O9SSi2/c1-16(2)38(17(3)4)33-15-21-23(35-39(36-38,18(5)6)19(7)8)20(11-10-14-32-37(9,30)31)24(34-21)27-13-12-22(28)26-25(27)29/h12-13,16-21,23-24H,10-11,14-15H2,1-9H3,(H,26,28,29)/t20-,21-,23+,24-/m1/s1. The van der Waals surface area contributed by atoms with Crippen LogP contribution in [0, 0.1) is 5.92 Å². The molecular formula is C25H46N2O9SSi2. The van der Waals surface area contributed by atoms with Gasteiger partial charge in [0, 0.05) is 18.2 Å². The molecule has 1 N–H and O–H groups in total. The van der Waals surface area contributed by atoms with Crippen LogP contribution in [0.4, 0.5) is 0 Å². The predicted molar refractivity (Wildman–Crippen MR) is 153 cm³/mol. The Kier molecular flexibility index (Phi) is 10.3. The maximum Gasteiger partial charge on any atom is 0.335 e. The molecule has 224 valence electrons. The van der Waals surface area contributed by atoms with Crippen LogP contribution >= 0.6 is 0 Å². The van der Waals surface area contributed by atoms with Gasteiger partial charge in [0.1, 0.15) is 12.3 Å². The monoisotopic (exact) mass is 606 g/mol. The lowest BCUT2D eigenvalue weighted by molar-refractivity contribution is -0.0575. The number of ether oxygens (including phenoxy) is 1. The summed E-state index contributed by atoms with van der Waals surface area (Å²) in [5.41, 5.74) is -0.528. The van der Waals surface area contributed by atoms with Crippen molar-refractivity contribution in [2.24, 2.45) is 5.92 Å². The molecule has 0 radical (unpaired) electrons. The van der Waals surface area contributed by atoms with Crippen LogP contribution in [0.3, 0.4) is 0 Å². The third-order valence-corrected chi connectivity index (χ3v) is 18.7. The van der Waals surface area contributed by atoms with Crippen molar-refractivity contribution in [2.75, 3.05) is 19.5 Å². The van der Waals surface area contributed by atoms with Crippen molar-refractivity contribution in [1.82, 2.24) is 9.55 Å². The van der Waals surface area contributed by atoms with Crippen LogP contribution in [0.15, 0.2) is 21.9 Å². The molecule has 11 nitrogen and oxygen atoms in total. The molecule has 0 amide bonds. The number of rotatable bonds is 10. The highest BCUT2D eigenvalue weighted by Gasteiger charge is 2.61. The summed E-state index contributed by atoms with van der Waals surface area (Å²) in [4.78, 5) is 26.9. The molecule has 2 saturated heterocycles. The highest BCUT2D eigenvalue weighted by atomic mass is 32.2. The van der Waals surface area contributed by atoms with Gasteiger partial charge in [0.05, 0.1) is 25.6 Å². The van der Waals surface area contributed by atoms with Crippen LogP contribution in [-0.4, -0.2) is 66.8 Å². The molecular weight excluding hydrogens is 561 g/mol. The van der Waals surface area contributed by atoms with Crippen LogP contribution in [0.2, 0.25) is 22.2 Å². The first-order valence-electron chi connectivity index (χ1n) is 13.9. The number of nitrogens with zero attached hydrogens (tertiary/aromatic N) is 1. The summed E-state index contributed by atoms with van der Waals surface area (Å²) < 4.78 is 57.3. The lowest BCUT2D eigenvalue weighted by Crippen LogP contribution is -2.65. The highest BCUT2D eigenvalue weighted by Crippen LogP contribution is 2.50. The zero-order valence-corrected chi connectivity index (χ0v) is 27.4. The van der Waals surface area contributed by atoms with E-state index in [1.807, 2.05) is 0 Å². The lowest BCUT2D eigenvalue weighted by Gasteiger charge is -2.51.